The van der Waals surface area contributed by atoms with Gasteiger partial charge >= 0.3 is 6.18 Å². The zero-order chi connectivity index (χ0) is 23.3. The first-order chi connectivity index (χ1) is 15.7. The number of allylic oxidation sites excluding steroid dienone is 1. The number of alkyl halides is 3. The summed E-state index contributed by atoms with van der Waals surface area (Å²) in [4.78, 5) is 20.0. The molecule has 1 aliphatic heterocycles. The first-order valence-electron chi connectivity index (χ1n) is 10.0. The van der Waals surface area contributed by atoms with Crippen LogP contribution in [0, 0.1) is 0 Å². The number of rotatable bonds is 5. The molecule has 8 nitrogen and oxygen atoms in total. The van der Waals surface area contributed by atoms with Gasteiger partial charge in [0.1, 0.15) is 17.5 Å². The highest BCUT2D eigenvalue weighted by Crippen LogP contribution is 2.34. The third-order valence-corrected chi connectivity index (χ3v) is 5.49. The average Bonchev–Trinajstić information content (AvgIpc) is 3.37. The summed E-state index contributed by atoms with van der Waals surface area (Å²) in [5.74, 6) is 0.867. The van der Waals surface area contributed by atoms with E-state index in [4.69, 9.17) is 11.6 Å². The van der Waals surface area contributed by atoms with Crippen LogP contribution >= 0.6 is 11.6 Å². The lowest BCUT2D eigenvalue weighted by Crippen LogP contribution is -2.10. The summed E-state index contributed by atoms with van der Waals surface area (Å²) in [6.07, 6.45) is 1.80. The minimum Gasteiger partial charge on any atom is -0.367 e. The molecule has 4 heterocycles. The summed E-state index contributed by atoms with van der Waals surface area (Å²) >= 11 is 6.05. The van der Waals surface area contributed by atoms with Crippen LogP contribution in [0.15, 0.2) is 42.4 Å². The van der Waals surface area contributed by atoms with Crippen LogP contribution in [-0.2, 0) is 11.0 Å². The molecule has 33 heavy (non-hydrogen) atoms. The Bertz CT molecular complexity index is 1330. The van der Waals surface area contributed by atoms with Gasteiger partial charge in [-0.2, -0.15) is 22.8 Å². The molecule has 2 fully saturated rings. The van der Waals surface area contributed by atoms with Gasteiger partial charge in [0.25, 0.3) is 0 Å². The van der Waals surface area contributed by atoms with Crippen molar-refractivity contribution in [3.63, 3.8) is 0 Å². The van der Waals surface area contributed by atoms with Crippen LogP contribution in [0.4, 0.5) is 30.6 Å². The first kappa shape index (κ1) is 21.3. The van der Waals surface area contributed by atoms with Crippen LogP contribution in [0.25, 0.3) is 11.7 Å². The Kier molecular flexibility index (Phi) is 5.00. The molecule has 1 saturated carbocycles. The van der Waals surface area contributed by atoms with Gasteiger partial charge in [0, 0.05) is 29.6 Å². The summed E-state index contributed by atoms with van der Waals surface area (Å²) < 4.78 is 40.4. The van der Waals surface area contributed by atoms with Crippen LogP contribution in [0.2, 0.25) is 5.02 Å². The Balaban J connectivity index is 1.54. The predicted octanol–water partition coefficient (Wildman–Crippen LogP) is 4.53. The summed E-state index contributed by atoms with van der Waals surface area (Å²) in [5, 5.41) is 13.1. The molecule has 0 unspecified atom stereocenters. The lowest BCUT2D eigenvalue weighted by Gasteiger charge is -2.13. The highest BCUT2D eigenvalue weighted by Gasteiger charge is 2.31. The average molecular weight is 476 g/mol. The van der Waals surface area contributed by atoms with Gasteiger partial charge < -0.3 is 16.0 Å². The number of halogens is 4. The number of pyridine rings is 1. The molecule has 3 aromatic rings. The van der Waals surface area contributed by atoms with Crippen LogP contribution in [0.1, 0.15) is 30.4 Å². The van der Waals surface area contributed by atoms with Crippen LogP contribution < -0.4 is 16.0 Å². The zero-order valence-corrected chi connectivity index (χ0v) is 17.8. The Labute approximate surface area is 190 Å². The predicted molar refractivity (Wildman–Crippen MR) is 117 cm³/mol. The van der Waals surface area contributed by atoms with Crippen LogP contribution in [-0.4, -0.2) is 31.5 Å². The highest BCUT2D eigenvalue weighted by atomic mass is 35.5. The number of hydrogen-bond donors (Lipinski definition) is 3. The number of hydrogen-bond acceptors (Lipinski definition) is 6. The van der Waals surface area contributed by atoms with Crippen molar-refractivity contribution >= 4 is 46.7 Å². The molecule has 3 N–H and O–H groups in total. The molecule has 0 radical (unpaired) electrons. The van der Waals surface area contributed by atoms with E-state index in [1.54, 1.807) is 22.9 Å². The molecule has 3 aromatic heterocycles. The van der Waals surface area contributed by atoms with Gasteiger partial charge in [-0.1, -0.05) is 18.2 Å². The number of amides is 1. The number of nitrogens with zero attached hydrogens (tertiary/aromatic N) is 4. The van der Waals surface area contributed by atoms with Crippen molar-refractivity contribution in [2.24, 2.45) is 0 Å². The molecule has 0 bridgehead atoms. The molecule has 0 aromatic carbocycles. The Morgan fingerprint density at radius 1 is 1.27 bits per heavy atom. The van der Waals surface area contributed by atoms with Crippen molar-refractivity contribution in [3.05, 3.63) is 58.5 Å². The van der Waals surface area contributed by atoms with Crippen LogP contribution in [0.5, 0.6) is 0 Å². The maximum Gasteiger partial charge on any atom is 0.417 e. The molecule has 12 heteroatoms. The molecule has 5 rings (SSSR count). The first-order valence-corrected chi connectivity index (χ1v) is 10.4. The molecule has 0 spiro atoms. The molecule has 2 aliphatic rings. The van der Waals surface area contributed by atoms with Gasteiger partial charge in [-0.05, 0) is 30.6 Å². The van der Waals surface area contributed by atoms with Crippen molar-refractivity contribution in [1.82, 2.24) is 24.9 Å². The normalized spacial score (nSPS) is 17.6. The van der Waals surface area contributed by atoms with Gasteiger partial charge in [-0.15, -0.1) is 0 Å². The fraction of sp³-hybridized carbons (Fsp3) is 0.238. The fourth-order valence-corrected chi connectivity index (χ4v) is 3.60. The number of fused-ring (bicyclic) bond motifs is 1. The second kappa shape index (κ2) is 7.77. The second-order valence-corrected chi connectivity index (χ2v) is 8.24. The van der Waals surface area contributed by atoms with Crippen molar-refractivity contribution in [2.75, 3.05) is 10.6 Å². The zero-order valence-electron chi connectivity index (χ0n) is 17.0. The SMILES string of the molecule is C=C1NC(=O)C/C1=C\c1cnn2c(NC3CC3)cc(Nc3ncc(C(F)(F)F)cc3Cl)nc12. The van der Waals surface area contributed by atoms with E-state index in [2.05, 4.69) is 37.6 Å². The lowest BCUT2D eigenvalue weighted by molar-refractivity contribution is -0.137. The van der Waals surface area contributed by atoms with E-state index in [9.17, 15) is 18.0 Å². The van der Waals surface area contributed by atoms with E-state index < -0.39 is 11.7 Å². The van der Waals surface area contributed by atoms with E-state index in [1.165, 1.54) is 0 Å². The van der Waals surface area contributed by atoms with Gasteiger partial charge in [0.15, 0.2) is 5.65 Å². The number of nitrogens with one attached hydrogen (secondary N) is 3. The number of aromatic nitrogens is 4. The minimum absolute atomic E-state index is 0.0391. The quantitative estimate of drug-likeness (QED) is 0.501. The van der Waals surface area contributed by atoms with E-state index in [0.717, 1.165) is 24.5 Å². The van der Waals surface area contributed by atoms with Gasteiger partial charge in [0.2, 0.25) is 5.91 Å². The molecule has 170 valence electrons. The number of carbonyl (C=O) groups excluding carboxylic acids is 1. The molecular formula is C21H17ClF3N7O. The summed E-state index contributed by atoms with van der Waals surface area (Å²) in [7, 11) is 0. The standard InChI is InChI=1S/C21H17ClF3N7O/c1-10-11(5-18(33)28-10)4-12-8-27-32-17(29-14-2-3-14)7-16(31-20(12)32)30-19-15(22)6-13(9-26-19)21(23,24)25/h4,6-9,14,29H,1-3,5H2,(H,28,33)(H,26,30,31)/b11-4+. The lowest BCUT2D eigenvalue weighted by atomic mass is 10.1. The maximum atomic E-state index is 12.9. The summed E-state index contributed by atoms with van der Waals surface area (Å²) in [5.41, 5.74) is 1.43. The third-order valence-electron chi connectivity index (χ3n) is 5.20. The van der Waals surface area contributed by atoms with E-state index in [-0.39, 0.29) is 23.2 Å². The van der Waals surface area contributed by atoms with E-state index in [0.29, 0.717) is 40.8 Å². The molecule has 1 aliphatic carbocycles. The molecule has 1 saturated heterocycles. The van der Waals surface area contributed by atoms with E-state index in [1.807, 2.05) is 0 Å². The van der Waals surface area contributed by atoms with Gasteiger partial charge in [-0.25, -0.2) is 9.97 Å². The molecule has 1 amide bonds. The van der Waals surface area contributed by atoms with Crippen LogP contribution in [0.3, 0.4) is 0 Å². The summed E-state index contributed by atoms with van der Waals surface area (Å²) in [6, 6.07) is 2.80. The Hall–Kier alpha value is -3.60. The van der Waals surface area contributed by atoms with Crippen molar-refractivity contribution in [2.45, 2.75) is 31.5 Å². The Morgan fingerprint density at radius 3 is 2.70 bits per heavy atom. The number of anilines is 3. The smallest absolute Gasteiger partial charge is 0.367 e. The Morgan fingerprint density at radius 2 is 2.06 bits per heavy atom. The largest absolute Gasteiger partial charge is 0.417 e. The van der Waals surface area contributed by atoms with Crippen molar-refractivity contribution < 1.29 is 18.0 Å². The maximum absolute atomic E-state index is 12.9. The van der Waals surface area contributed by atoms with Gasteiger partial charge in [-0.3, -0.25) is 4.79 Å². The fourth-order valence-electron chi connectivity index (χ4n) is 3.39. The van der Waals surface area contributed by atoms with Crippen molar-refractivity contribution in [1.29, 1.82) is 0 Å². The number of carbonyl (C=O) groups is 1. The highest BCUT2D eigenvalue weighted by molar-refractivity contribution is 6.33. The topological polar surface area (TPSA) is 96.2 Å². The van der Waals surface area contributed by atoms with E-state index >= 15 is 0 Å². The third kappa shape index (κ3) is 4.36. The molecular weight excluding hydrogens is 459 g/mol. The second-order valence-electron chi connectivity index (χ2n) is 7.83. The minimum atomic E-state index is -4.55. The van der Waals surface area contributed by atoms with Gasteiger partial charge in [0.05, 0.1) is 23.2 Å². The molecule has 0 atom stereocenters. The monoisotopic (exact) mass is 475 g/mol. The summed E-state index contributed by atoms with van der Waals surface area (Å²) in [6.45, 7) is 3.84. The van der Waals surface area contributed by atoms with Crippen molar-refractivity contribution in [3.8, 4) is 0 Å².